The average Bonchev–Trinajstić information content (AvgIpc) is 3.11. The second kappa shape index (κ2) is 8.16. The molecule has 3 unspecified atom stereocenters. The zero-order valence-electron chi connectivity index (χ0n) is 15.6. The molecular formula is C20H28FN3O2. The predicted molar refractivity (Wildman–Crippen MR) is 99.5 cm³/mol. The Hall–Kier alpha value is -1.95. The fraction of sp³-hybridized carbons (Fsp3) is 0.600. The second-order valence-electron chi connectivity index (χ2n) is 7.52. The summed E-state index contributed by atoms with van der Waals surface area (Å²) in [5.74, 6) is -0.156. The van der Waals surface area contributed by atoms with E-state index in [1.807, 2.05) is 6.92 Å². The Morgan fingerprint density at radius 3 is 2.88 bits per heavy atom. The van der Waals surface area contributed by atoms with Crippen molar-refractivity contribution < 1.29 is 14.0 Å². The average molecular weight is 361 g/mol. The summed E-state index contributed by atoms with van der Waals surface area (Å²) in [5.41, 5.74) is 1.23. The van der Waals surface area contributed by atoms with Crippen molar-refractivity contribution >= 4 is 11.6 Å². The summed E-state index contributed by atoms with van der Waals surface area (Å²) in [7, 11) is 0. The van der Waals surface area contributed by atoms with Crippen LogP contribution in [0.2, 0.25) is 0 Å². The van der Waals surface area contributed by atoms with Crippen LogP contribution in [0.5, 0.6) is 0 Å². The number of oxime groups is 1. The van der Waals surface area contributed by atoms with E-state index in [1.54, 1.807) is 12.1 Å². The molecule has 2 N–H and O–H groups in total. The standard InChI is InChI=1S/C20H28FN3O2/c1-3-14(2)23-19(25)20(9-4-10-22-13-20)12-17-11-18(24-26-17)15-5-7-16(21)8-6-15/h5-8,14,17,22H,3-4,9-13H2,1-2H3,(H,23,25). The number of halogens is 1. The van der Waals surface area contributed by atoms with Gasteiger partial charge < -0.3 is 15.5 Å². The highest BCUT2D eigenvalue weighted by molar-refractivity contribution is 6.01. The largest absolute Gasteiger partial charge is 0.392 e. The Morgan fingerprint density at radius 2 is 2.23 bits per heavy atom. The van der Waals surface area contributed by atoms with E-state index in [2.05, 4.69) is 22.7 Å². The zero-order chi connectivity index (χ0) is 18.6. The third-order valence-electron chi connectivity index (χ3n) is 5.47. The molecular weight excluding hydrogens is 333 g/mol. The highest BCUT2D eigenvalue weighted by atomic mass is 19.1. The maximum Gasteiger partial charge on any atom is 0.227 e. The van der Waals surface area contributed by atoms with E-state index in [0.29, 0.717) is 19.4 Å². The van der Waals surface area contributed by atoms with Crippen molar-refractivity contribution in [2.45, 2.75) is 58.1 Å². The van der Waals surface area contributed by atoms with Crippen LogP contribution in [0.1, 0.15) is 51.5 Å². The first-order valence-corrected chi connectivity index (χ1v) is 9.53. The molecule has 3 rings (SSSR count). The molecule has 1 aromatic rings. The molecule has 1 saturated heterocycles. The number of amides is 1. The molecule has 0 aromatic heterocycles. The van der Waals surface area contributed by atoms with Gasteiger partial charge in [-0.3, -0.25) is 4.79 Å². The number of benzene rings is 1. The number of hydrogen-bond donors (Lipinski definition) is 2. The van der Waals surface area contributed by atoms with Crippen LogP contribution in [-0.2, 0) is 9.63 Å². The van der Waals surface area contributed by atoms with E-state index < -0.39 is 5.41 Å². The third kappa shape index (κ3) is 4.23. The second-order valence-corrected chi connectivity index (χ2v) is 7.52. The molecule has 26 heavy (non-hydrogen) atoms. The predicted octanol–water partition coefficient (Wildman–Crippen LogP) is 2.99. The molecule has 0 saturated carbocycles. The van der Waals surface area contributed by atoms with Crippen molar-refractivity contribution in [2.75, 3.05) is 13.1 Å². The monoisotopic (exact) mass is 361 g/mol. The van der Waals surface area contributed by atoms with Crippen LogP contribution in [0.15, 0.2) is 29.4 Å². The minimum atomic E-state index is -0.458. The number of hydrogen-bond acceptors (Lipinski definition) is 4. The molecule has 0 spiro atoms. The van der Waals surface area contributed by atoms with Gasteiger partial charge in [-0.15, -0.1) is 0 Å². The van der Waals surface area contributed by atoms with Crippen molar-refractivity contribution in [3.8, 4) is 0 Å². The van der Waals surface area contributed by atoms with Crippen LogP contribution in [0.25, 0.3) is 0 Å². The molecule has 3 atom stereocenters. The molecule has 2 aliphatic heterocycles. The first-order valence-electron chi connectivity index (χ1n) is 9.53. The summed E-state index contributed by atoms with van der Waals surface area (Å²) in [6, 6.07) is 6.45. The summed E-state index contributed by atoms with van der Waals surface area (Å²) >= 11 is 0. The van der Waals surface area contributed by atoms with Crippen molar-refractivity contribution in [1.29, 1.82) is 0 Å². The Morgan fingerprint density at radius 1 is 1.46 bits per heavy atom. The normalized spacial score (nSPS) is 26.7. The van der Waals surface area contributed by atoms with Gasteiger partial charge in [-0.05, 0) is 50.4 Å². The number of carbonyl (C=O) groups is 1. The lowest BCUT2D eigenvalue weighted by Crippen LogP contribution is -2.53. The molecule has 0 aliphatic carbocycles. The van der Waals surface area contributed by atoms with E-state index >= 15 is 0 Å². The summed E-state index contributed by atoms with van der Waals surface area (Å²) in [6.45, 7) is 5.71. The van der Waals surface area contributed by atoms with E-state index in [0.717, 1.165) is 37.1 Å². The Kier molecular flexibility index (Phi) is 5.91. The fourth-order valence-electron chi connectivity index (χ4n) is 3.69. The smallest absolute Gasteiger partial charge is 0.227 e. The number of nitrogens with zero attached hydrogens (tertiary/aromatic N) is 1. The van der Waals surface area contributed by atoms with Gasteiger partial charge in [0, 0.05) is 25.4 Å². The van der Waals surface area contributed by atoms with Crippen molar-refractivity contribution in [3.63, 3.8) is 0 Å². The molecule has 1 amide bonds. The fourth-order valence-corrected chi connectivity index (χ4v) is 3.69. The molecule has 0 radical (unpaired) electrons. The first kappa shape index (κ1) is 18.8. The lowest BCUT2D eigenvalue weighted by Gasteiger charge is -2.38. The Bertz CT molecular complexity index is 654. The Labute approximate surface area is 154 Å². The molecule has 142 valence electrons. The summed E-state index contributed by atoms with van der Waals surface area (Å²) in [5, 5.41) is 10.7. The van der Waals surface area contributed by atoms with Crippen LogP contribution in [-0.4, -0.2) is 36.9 Å². The summed E-state index contributed by atoms with van der Waals surface area (Å²) in [4.78, 5) is 18.6. The minimum Gasteiger partial charge on any atom is -0.392 e. The number of carbonyl (C=O) groups excluding carboxylic acids is 1. The summed E-state index contributed by atoms with van der Waals surface area (Å²) in [6.07, 6.45) is 3.89. The van der Waals surface area contributed by atoms with E-state index in [-0.39, 0.29) is 23.9 Å². The molecule has 5 nitrogen and oxygen atoms in total. The topological polar surface area (TPSA) is 62.7 Å². The molecule has 1 aromatic carbocycles. The van der Waals surface area contributed by atoms with Gasteiger partial charge >= 0.3 is 0 Å². The van der Waals surface area contributed by atoms with Gasteiger partial charge in [0.2, 0.25) is 5.91 Å². The van der Waals surface area contributed by atoms with Crippen LogP contribution in [0, 0.1) is 11.2 Å². The molecule has 2 heterocycles. The van der Waals surface area contributed by atoms with E-state index in [1.165, 1.54) is 12.1 Å². The highest BCUT2D eigenvalue weighted by Crippen LogP contribution is 2.35. The van der Waals surface area contributed by atoms with Crippen molar-refractivity contribution in [1.82, 2.24) is 10.6 Å². The van der Waals surface area contributed by atoms with Gasteiger partial charge in [0.1, 0.15) is 11.9 Å². The molecule has 0 bridgehead atoms. The molecule has 6 heteroatoms. The molecule has 1 fully saturated rings. The summed E-state index contributed by atoms with van der Waals surface area (Å²) < 4.78 is 13.1. The first-order chi connectivity index (χ1) is 12.5. The number of rotatable bonds is 6. The maximum atomic E-state index is 13.1. The van der Waals surface area contributed by atoms with Gasteiger partial charge in [-0.25, -0.2) is 4.39 Å². The minimum absolute atomic E-state index is 0.109. The third-order valence-corrected chi connectivity index (χ3v) is 5.47. The van der Waals surface area contributed by atoms with Crippen LogP contribution in [0.3, 0.4) is 0 Å². The quantitative estimate of drug-likeness (QED) is 0.819. The lowest BCUT2D eigenvalue weighted by atomic mass is 9.74. The van der Waals surface area contributed by atoms with Crippen LogP contribution in [0.4, 0.5) is 4.39 Å². The van der Waals surface area contributed by atoms with Crippen LogP contribution >= 0.6 is 0 Å². The van der Waals surface area contributed by atoms with Crippen LogP contribution < -0.4 is 10.6 Å². The highest BCUT2D eigenvalue weighted by Gasteiger charge is 2.43. The molecule has 2 aliphatic rings. The zero-order valence-corrected chi connectivity index (χ0v) is 15.6. The SMILES string of the molecule is CCC(C)NC(=O)C1(CC2CC(c3ccc(F)cc3)=NO2)CCCNC1. The lowest BCUT2D eigenvalue weighted by molar-refractivity contribution is -0.135. The van der Waals surface area contributed by atoms with Gasteiger partial charge in [0.25, 0.3) is 0 Å². The van der Waals surface area contributed by atoms with E-state index in [4.69, 9.17) is 4.84 Å². The van der Waals surface area contributed by atoms with Crippen molar-refractivity contribution in [3.05, 3.63) is 35.6 Å². The van der Waals surface area contributed by atoms with Crippen molar-refractivity contribution in [2.24, 2.45) is 10.6 Å². The Balaban J connectivity index is 1.66. The maximum absolute atomic E-state index is 13.1. The number of piperidine rings is 1. The van der Waals surface area contributed by atoms with Gasteiger partial charge in [0.05, 0.1) is 11.1 Å². The van der Waals surface area contributed by atoms with Gasteiger partial charge in [0.15, 0.2) is 0 Å². The van der Waals surface area contributed by atoms with Gasteiger partial charge in [-0.1, -0.05) is 24.2 Å². The van der Waals surface area contributed by atoms with E-state index in [9.17, 15) is 9.18 Å². The van der Waals surface area contributed by atoms with Gasteiger partial charge in [-0.2, -0.15) is 0 Å². The number of nitrogens with one attached hydrogen (secondary N) is 2.